The largest absolute Gasteiger partial charge is 0.508 e. The molecule has 2 aromatic rings. The summed E-state index contributed by atoms with van der Waals surface area (Å²) in [4.78, 5) is 127. The lowest BCUT2D eigenvalue weighted by molar-refractivity contribution is -0.136. The van der Waals surface area contributed by atoms with Crippen molar-refractivity contribution in [2.75, 3.05) is 18.8 Å². The van der Waals surface area contributed by atoms with E-state index in [0.717, 1.165) is 0 Å². The van der Waals surface area contributed by atoms with E-state index in [4.69, 9.17) is 28.7 Å². The van der Waals surface area contributed by atoms with E-state index in [-0.39, 0.29) is 69.1 Å². The quantitative estimate of drug-likeness (QED) is 0.0293. The lowest BCUT2D eigenvalue weighted by atomic mass is 10.0. The number of nitrogens with zero attached hydrogens (tertiary/aromatic N) is 1. The van der Waals surface area contributed by atoms with Gasteiger partial charge in [-0.05, 0) is 68.3 Å². The van der Waals surface area contributed by atoms with Crippen molar-refractivity contribution >= 4 is 71.8 Å². The normalized spacial score (nSPS) is 22.7. The van der Waals surface area contributed by atoms with Crippen LogP contribution in [0.3, 0.4) is 0 Å². The maximum absolute atomic E-state index is 14.2. The summed E-state index contributed by atoms with van der Waals surface area (Å²) in [6.07, 6.45) is -1.10. The number of aromatic hydroxyl groups is 1. The van der Waals surface area contributed by atoms with E-state index in [0.29, 0.717) is 24.0 Å². The second kappa shape index (κ2) is 27.4. The molecule has 0 aromatic heterocycles. The highest BCUT2D eigenvalue weighted by atomic mass is 32.1. The van der Waals surface area contributed by atoms with Gasteiger partial charge in [-0.1, -0.05) is 42.5 Å². The fraction of sp³-hybridized carbons (Fsp3) is 0.476. The number of hydrogen-bond donors (Lipinski definition) is 14. The Morgan fingerprint density at radius 1 is 0.530 bits per heavy atom. The zero-order chi connectivity index (χ0) is 48.8. The van der Waals surface area contributed by atoms with Crippen LogP contribution in [0.15, 0.2) is 59.6 Å². The standard InChI is InChI=1S/C42H61N13O10S/c43-17-5-4-9-26-36(60)55-32(22-66)41(65)53-30(20-24-11-13-25(56)14-12-24)39(63)54-31(21-34(45)58)40(64)52-29(19-23-7-2-1-3-8-23)38(62)51-28(15-16-33(44)57)37(61)50-27(35(59)49-26)10-6-18-48-42(46)47/h1-3,7-8,11-14,26-32,56,66H,4-6,9-10,15-22,43H2,(H2,44,57)(H2,45,58)(H,49,59)(H,50,61)(H,51,62)(H,52,64)(H,53,65)(H,54,63)(H,55,60)(H4,46,47,48)/t26-,27-,28-,29-,30-,31-,32-/m0/s1. The molecule has 2 aromatic carbocycles. The molecule has 0 aliphatic carbocycles. The number of phenolic OH excluding ortho intramolecular Hbond substituents is 1. The van der Waals surface area contributed by atoms with E-state index in [1.165, 1.54) is 24.3 Å². The number of guanidine groups is 1. The van der Waals surface area contributed by atoms with Gasteiger partial charge in [0.05, 0.1) is 6.42 Å². The van der Waals surface area contributed by atoms with Gasteiger partial charge in [0.2, 0.25) is 53.2 Å². The van der Waals surface area contributed by atoms with Gasteiger partial charge in [0.25, 0.3) is 0 Å². The van der Waals surface area contributed by atoms with Crippen molar-refractivity contribution in [2.45, 2.75) is 107 Å². The number of aliphatic imine (C=N–C) groups is 1. The number of nitrogens with two attached hydrogens (primary N) is 5. The SMILES string of the molecule is NCCCC[C@@H]1NC(=O)[C@H](CCCN=C(N)N)NC(=O)[C@H](CCC(N)=O)NC(=O)[C@H](Cc2ccccc2)NC(=O)[C@H](CC(N)=O)NC(=O)[C@H](Cc2ccc(O)cc2)NC(=O)[C@H](CS)NC1=O. The number of phenols is 1. The Labute approximate surface area is 386 Å². The summed E-state index contributed by atoms with van der Waals surface area (Å²) < 4.78 is 0. The summed E-state index contributed by atoms with van der Waals surface area (Å²) >= 11 is 4.27. The summed E-state index contributed by atoms with van der Waals surface area (Å²) in [5, 5.41) is 27.8. The molecule has 1 fully saturated rings. The predicted octanol–water partition coefficient (Wildman–Crippen LogP) is -4.16. The molecule has 7 atom stereocenters. The van der Waals surface area contributed by atoms with Crippen LogP contribution in [0.25, 0.3) is 0 Å². The average Bonchev–Trinajstić information content (AvgIpc) is 3.26. The molecule has 24 heteroatoms. The summed E-state index contributed by atoms with van der Waals surface area (Å²) in [5.41, 5.74) is 28.6. The van der Waals surface area contributed by atoms with Gasteiger partial charge in [0.1, 0.15) is 48.0 Å². The molecule has 1 saturated heterocycles. The zero-order valence-corrected chi connectivity index (χ0v) is 37.2. The van der Waals surface area contributed by atoms with Crippen LogP contribution in [0.1, 0.15) is 62.5 Å². The molecular formula is C42H61N13O10S. The Kier molecular flexibility index (Phi) is 22.2. The van der Waals surface area contributed by atoms with Crippen molar-refractivity contribution in [2.24, 2.45) is 33.7 Å². The Morgan fingerprint density at radius 3 is 1.44 bits per heavy atom. The number of carbonyl (C=O) groups is 9. The molecule has 1 aliphatic rings. The second-order valence-corrected chi connectivity index (χ2v) is 15.9. The third kappa shape index (κ3) is 18.6. The van der Waals surface area contributed by atoms with Gasteiger partial charge >= 0.3 is 0 Å². The first-order valence-corrected chi connectivity index (χ1v) is 21.9. The number of carbonyl (C=O) groups excluding carboxylic acids is 9. The van der Waals surface area contributed by atoms with E-state index in [9.17, 15) is 48.3 Å². The van der Waals surface area contributed by atoms with Crippen LogP contribution in [-0.4, -0.2) is 125 Å². The van der Waals surface area contributed by atoms with Gasteiger partial charge < -0.3 is 71.0 Å². The van der Waals surface area contributed by atoms with Crippen molar-refractivity contribution < 1.29 is 48.3 Å². The highest BCUT2D eigenvalue weighted by Gasteiger charge is 2.36. The van der Waals surface area contributed by atoms with Gasteiger partial charge in [-0.3, -0.25) is 48.1 Å². The summed E-state index contributed by atoms with van der Waals surface area (Å²) in [6, 6.07) is 3.63. The molecule has 360 valence electrons. The molecular weight excluding hydrogens is 879 g/mol. The highest BCUT2D eigenvalue weighted by Crippen LogP contribution is 2.14. The van der Waals surface area contributed by atoms with Crippen LogP contribution in [0.4, 0.5) is 0 Å². The molecule has 18 N–H and O–H groups in total. The van der Waals surface area contributed by atoms with Crippen molar-refractivity contribution in [1.82, 2.24) is 37.2 Å². The van der Waals surface area contributed by atoms with E-state index in [2.05, 4.69) is 54.8 Å². The van der Waals surface area contributed by atoms with Crippen LogP contribution < -0.4 is 65.9 Å². The van der Waals surface area contributed by atoms with Crippen LogP contribution in [0, 0.1) is 0 Å². The number of nitrogens with one attached hydrogen (secondary N) is 7. The Balaban J connectivity index is 2.20. The Morgan fingerprint density at radius 2 is 0.955 bits per heavy atom. The van der Waals surface area contributed by atoms with Crippen molar-refractivity contribution in [3.63, 3.8) is 0 Å². The monoisotopic (exact) mass is 939 g/mol. The third-order valence-corrected chi connectivity index (χ3v) is 10.6. The average molecular weight is 940 g/mol. The summed E-state index contributed by atoms with van der Waals surface area (Å²) in [5.74, 6) is -9.01. The van der Waals surface area contributed by atoms with E-state index >= 15 is 0 Å². The van der Waals surface area contributed by atoms with E-state index in [1.807, 2.05) is 0 Å². The number of rotatable bonds is 18. The molecule has 3 rings (SSSR count). The van der Waals surface area contributed by atoms with E-state index in [1.54, 1.807) is 30.3 Å². The number of amides is 9. The maximum atomic E-state index is 14.2. The van der Waals surface area contributed by atoms with Crippen molar-refractivity contribution in [3.05, 3.63) is 65.7 Å². The first-order chi connectivity index (χ1) is 31.4. The first-order valence-electron chi connectivity index (χ1n) is 21.3. The van der Waals surface area contributed by atoms with Gasteiger partial charge in [0.15, 0.2) is 5.96 Å². The van der Waals surface area contributed by atoms with E-state index < -0.39 is 108 Å². The van der Waals surface area contributed by atoms with Gasteiger partial charge in [-0.25, -0.2) is 0 Å². The minimum Gasteiger partial charge on any atom is -0.508 e. The van der Waals surface area contributed by atoms with Gasteiger partial charge in [0, 0.05) is 31.6 Å². The van der Waals surface area contributed by atoms with Gasteiger partial charge in [-0.2, -0.15) is 12.6 Å². The van der Waals surface area contributed by atoms with Crippen molar-refractivity contribution in [1.29, 1.82) is 0 Å². The molecule has 1 heterocycles. The molecule has 0 radical (unpaired) electrons. The fourth-order valence-corrected chi connectivity index (χ4v) is 6.99. The first kappa shape index (κ1) is 53.4. The molecule has 1 aliphatic heterocycles. The van der Waals surface area contributed by atoms with Gasteiger partial charge in [-0.15, -0.1) is 0 Å². The molecule has 23 nitrogen and oxygen atoms in total. The number of thiol groups is 1. The number of primary amides is 2. The fourth-order valence-electron chi connectivity index (χ4n) is 6.74. The molecule has 0 spiro atoms. The van der Waals surface area contributed by atoms with Crippen molar-refractivity contribution in [3.8, 4) is 5.75 Å². The van der Waals surface area contributed by atoms with Crippen LogP contribution in [-0.2, 0) is 56.0 Å². The number of unbranched alkanes of at least 4 members (excludes halogenated alkanes) is 1. The van der Waals surface area contributed by atoms with Crippen LogP contribution >= 0.6 is 12.6 Å². The molecule has 66 heavy (non-hydrogen) atoms. The lowest BCUT2D eigenvalue weighted by Crippen LogP contribution is -2.60. The number of hydrogen-bond acceptors (Lipinski definition) is 13. The second-order valence-electron chi connectivity index (χ2n) is 15.6. The smallest absolute Gasteiger partial charge is 0.244 e. The molecule has 0 unspecified atom stereocenters. The molecule has 9 amide bonds. The third-order valence-electron chi connectivity index (χ3n) is 10.2. The van der Waals surface area contributed by atoms with Crippen LogP contribution in [0.5, 0.6) is 5.75 Å². The molecule has 0 saturated carbocycles. The minimum absolute atomic E-state index is 0.0264. The predicted molar refractivity (Wildman–Crippen MR) is 244 cm³/mol. The maximum Gasteiger partial charge on any atom is 0.244 e. The lowest BCUT2D eigenvalue weighted by Gasteiger charge is -2.27. The Bertz CT molecular complexity index is 2040. The highest BCUT2D eigenvalue weighted by molar-refractivity contribution is 7.80. The van der Waals surface area contributed by atoms with Crippen LogP contribution in [0.2, 0.25) is 0 Å². The zero-order valence-electron chi connectivity index (χ0n) is 36.3. The summed E-state index contributed by atoms with van der Waals surface area (Å²) in [7, 11) is 0. The summed E-state index contributed by atoms with van der Waals surface area (Å²) in [6.45, 7) is 0.287. The minimum atomic E-state index is -1.73. The molecule has 0 bridgehead atoms. The Hall–Kier alpha value is -6.95. The number of benzene rings is 2. The topological polar surface area (TPSA) is 401 Å².